The van der Waals surface area contributed by atoms with Crippen LogP contribution in [-0.4, -0.2) is 24.7 Å². The molecule has 0 radical (unpaired) electrons. The number of carbonyl (C=O) groups is 1. The van der Waals surface area contributed by atoms with Crippen molar-refractivity contribution in [2.45, 2.75) is 13.0 Å². The van der Waals surface area contributed by atoms with Crippen molar-refractivity contribution in [3.05, 3.63) is 77.2 Å². The fourth-order valence-electron chi connectivity index (χ4n) is 2.68. The van der Waals surface area contributed by atoms with E-state index >= 15 is 0 Å². The summed E-state index contributed by atoms with van der Waals surface area (Å²) in [7, 11) is 1.60. The Morgan fingerprint density at radius 3 is 2.33 bits per heavy atom. The van der Waals surface area contributed by atoms with E-state index in [-0.39, 0.29) is 24.3 Å². The lowest BCUT2D eigenvalue weighted by atomic mass is 9.98. The smallest absolute Gasteiger partial charge is 0.240 e. The lowest BCUT2D eigenvalue weighted by Crippen LogP contribution is -2.31. The molecule has 0 aliphatic rings. The molecule has 2 N–H and O–H groups in total. The van der Waals surface area contributed by atoms with Gasteiger partial charge in [0, 0.05) is 6.07 Å². The van der Waals surface area contributed by atoms with Gasteiger partial charge >= 0.3 is 0 Å². The highest BCUT2D eigenvalue weighted by molar-refractivity contribution is 5.91. The number of aryl methyl sites for hydroxylation is 1. The first kappa shape index (κ1) is 18.6. The number of anilines is 1. The van der Waals surface area contributed by atoms with E-state index in [1.807, 2.05) is 24.3 Å². The SMILES string of the molecule is COc1ccc([C@H](NCC(=O)Nc2cc(C)no2)c2ccc(F)cc2)cc1. The number of benzene rings is 2. The van der Waals surface area contributed by atoms with Crippen LogP contribution in [0.5, 0.6) is 5.75 Å². The van der Waals surface area contributed by atoms with Gasteiger partial charge in [-0.05, 0) is 42.3 Å². The summed E-state index contributed by atoms with van der Waals surface area (Å²) in [6.07, 6.45) is 0. The molecule has 1 aromatic heterocycles. The van der Waals surface area contributed by atoms with E-state index in [0.717, 1.165) is 16.9 Å². The van der Waals surface area contributed by atoms with Crippen LogP contribution in [0.4, 0.5) is 10.3 Å². The standard InChI is InChI=1S/C20H20FN3O3/c1-13-11-19(27-24-13)23-18(25)12-22-20(14-3-7-16(21)8-4-14)15-5-9-17(26-2)10-6-15/h3-11,20,22H,12H2,1-2H3,(H,23,25)/t20-/m1/s1. The number of amides is 1. The van der Waals surface area contributed by atoms with Gasteiger partial charge in [-0.1, -0.05) is 29.4 Å². The first-order valence-electron chi connectivity index (χ1n) is 8.41. The van der Waals surface area contributed by atoms with Crippen molar-refractivity contribution in [3.63, 3.8) is 0 Å². The number of nitrogens with zero attached hydrogens (tertiary/aromatic N) is 1. The van der Waals surface area contributed by atoms with Crippen LogP contribution in [-0.2, 0) is 4.79 Å². The van der Waals surface area contributed by atoms with E-state index in [1.165, 1.54) is 12.1 Å². The van der Waals surface area contributed by atoms with Crippen LogP contribution in [0.2, 0.25) is 0 Å². The molecule has 27 heavy (non-hydrogen) atoms. The second-order valence-corrected chi connectivity index (χ2v) is 6.02. The maximum Gasteiger partial charge on any atom is 0.240 e. The average molecular weight is 369 g/mol. The largest absolute Gasteiger partial charge is 0.497 e. The van der Waals surface area contributed by atoms with E-state index in [2.05, 4.69) is 15.8 Å². The molecule has 7 heteroatoms. The molecule has 3 rings (SSSR count). The normalized spacial score (nSPS) is 11.8. The summed E-state index contributed by atoms with van der Waals surface area (Å²) in [5, 5.41) is 9.56. The Bertz CT molecular complexity index is 892. The van der Waals surface area contributed by atoms with Gasteiger partial charge in [0.25, 0.3) is 0 Å². The van der Waals surface area contributed by atoms with Gasteiger partial charge in [0.05, 0.1) is 25.4 Å². The van der Waals surface area contributed by atoms with Crippen molar-refractivity contribution in [3.8, 4) is 5.75 Å². The van der Waals surface area contributed by atoms with Crippen molar-refractivity contribution in [1.82, 2.24) is 10.5 Å². The molecule has 0 saturated carbocycles. The Hall–Kier alpha value is -3.19. The van der Waals surface area contributed by atoms with Crippen LogP contribution in [0, 0.1) is 12.7 Å². The average Bonchev–Trinajstić information content (AvgIpc) is 3.08. The number of aromatic nitrogens is 1. The molecule has 140 valence electrons. The molecule has 1 amide bonds. The Balaban J connectivity index is 1.74. The number of hydrogen-bond donors (Lipinski definition) is 2. The number of hydrogen-bond acceptors (Lipinski definition) is 5. The van der Waals surface area contributed by atoms with Gasteiger partial charge in [-0.25, -0.2) is 4.39 Å². The summed E-state index contributed by atoms with van der Waals surface area (Å²) in [4.78, 5) is 12.2. The highest BCUT2D eigenvalue weighted by Gasteiger charge is 2.16. The van der Waals surface area contributed by atoms with Crippen molar-refractivity contribution in [2.24, 2.45) is 0 Å². The minimum atomic E-state index is -0.314. The fraction of sp³-hybridized carbons (Fsp3) is 0.200. The zero-order chi connectivity index (χ0) is 19.2. The third-order valence-corrected chi connectivity index (χ3v) is 4.01. The first-order valence-corrected chi connectivity index (χ1v) is 8.41. The molecule has 0 aliphatic carbocycles. The summed E-state index contributed by atoms with van der Waals surface area (Å²) in [6.45, 7) is 1.81. The number of halogens is 1. The highest BCUT2D eigenvalue weighted by Crippen LogP contribution is 2.24. The summed E-state index contributed by atoms with van der Waals surface area (Å²) in [5.74, 6) is 0.439. The minimum Gasteiger partial charge on any atom is -0.497 e. The van der Waals surface area contributed by atoms with Crippen LogP contribution in [0.15, 0.2) is 59.1 Å². The molecule has 1 atom stereocenters. The molecular formula is C20H20FN3O3. The molecule has 0 bridgehead atoms. The van der Waals surface area contributed by atoms with Gasteiger partial charge in [-0.15, -0.1) is 0 Å². The van der Waals surface area contributed by atoms with Crippen molar-refractivity contribution >= 4 is 11.8 Å². The molecule has 0 saturated heterocycles. The lowest BCUT2D eigenvalue weighted by Gasteiger charge is -2.20. The van der Waals surface area contributed by atoms with Gasteiger partial charge in [-0.2, -0.15) is 0 Å². The maximum atomic E-state index is 13.3. The second kappa shape index (κ2) is 8.46. The number of carbonyl (C=O) groups excluding carboxylic acids is 1. The van der Waals surface area contributed by atoms with Crippen LogP contribution < -0.4 is 15.4 Å². The van der Waals surface area contributed by atoms with Gasteiger partial charge < -0.3 is 9.26 Å². The van der Waals surface area contributed by atoms with Crippen LogP contribution in [0.25, 0.3) is 0 Å². The maximum absolute atomic E-state index is 13.3. The third-order valence-electron chi connectivity index (χ3n) is 4.01. The summed E-state index contributed by atoms with van der Waals surface area (Å²) >= 11 is 0. The number of ether oxygens (including phenoxy) is 1. The van der Waals surface area contributed by atoms with E-state index in [1.54, 1.807) is 32.2 Å². The predicted octanol–water partition coefficient (Wildman–Crippen LogP) is 3.45. The molecule has 0 spiro atoms. The Kier molecular flexibility index (Phi) is 5.83. The zero-order valence-electron chi connectivity index (χ0n) is 15.0. The van der Waals surface area contributed by atoms with Crippen molar-refractivity contribution in [2.75, 3.05) is 19.0 Å². The number of methoxy groups -OCH3 is 1. The first-order chi connectivity index (χ1) is 13.0. The van der Waals surface area contributed by atoms with E-state index in [0.29, 0.717) is 11.6 Å². The van der Waals surface area contributed by atoms with Crippen molar-refractivity contribution < 1.29 is 18.4 Å². The van der Waals surface area contributed by atoms with Crippen molar-refractivity contribution in [1.29, 1.82) is 0 Å². The lowest BCUT2D eigenvalue weighted by molar-refractivity contribution is -0.115. The van der Waals surface area contributed by atoms with Gasteiger partial charge in [0.1, 0.15) is 11.6 Å². The van der Waals surface area contributed by atoms with Gasteiger partial charge in [-0.3, -0.25) is 15.4 Å². The number of rotatable bonds is 7. The molecule has 0 aliphatic heterocycles. The van der Waals surface area contributed by atoms with E-state index in [9.17, 15) is 9.18 Å². The summed E-state index contributed by atoms with van der Waals surface area (Å²) in [5.41, 5.74) is 2.44. The second-order valence-electron chi connectivity index (χ2n) is 6.02. The molecule has 1 heterocycles. The Morgan fingerprint density at radius 1 is 1.15 bits per heavy atom. The zero-order valence-corrected chi connectivity index (χ0v) is 15.0. The van der Waals surface area contributed by atoms with Crippen LogP contribution >= 0.6 is 0 Å². The summed E-state index contributed by atoms with van der Waals surface area (Å²) < 4.78 is 23.5. The molecule has 2 aromatic carbocycles. The quantitative estimate of drug-likeness (QED) is 0.667. The molecular weight excluding hydrogens is 349 g/mol. The summed E-state index contributed by atoms with van der Waals surface area (Å²) in [6, 6.07) is 15.0. The molecule has 0 fully saturated rings. The molecule has 6 nitrogen and oxygen atoms in total. The van der Waals surface area contributed by atoms with Crippen LogP contribution in [0.3, 0.4) is 0 Å². The minimum absolute atomic E-state index is 0.0355. The van der Waals surface area contributed by atoms with E-state index < -0.39 is 0 Å². The van der Waals surface area contributed by atoms with Crippen LogP contribution in [0.1, 0.15) is 22.9 Å². The highest BCUT2D eigenvalue weighted by atomic mass is 19.1. The fourth-order valence-corrected chi connectivity index (χ4v) is 2.68. The topological polar surface area (TPSA) is 76.4 Å². The van der Waals surface area contributed by atoms with E-state index in [4.69, 9.17) is 9.26 Å². The third kappa shape index (κ3) is 4.92. The van der Waals surface area contributed by atoms with Gasteiger partial charge in [0.2, 0.25) is 11.8 Å². The monoisotopic (exact) mass is 369 g/mol. The molecule has 3 aromatic rings. The Labute approximate surface area is 156 Å². The van der Waals surface area contributed by atoms with Gasteiger partial charge in [0.15, 0.2) is 0 Å². The molecule has 0 unspecified atom stereocenters. The number of nitrogens with one attached hydrogen (secondary N) is 2. The Morgan fingerprint density at radius 2 is 1.78 bits per heavy atom. The predicted molar refractivity (Wildman–Crippen MR) is 99.1 cm³/mol.